The van der Waals surface area contributed by atoms with Gasteiger partial charge in [0.05, 0.1) is 25.2 Å². The van der Waals surface area contributed by atoms with Crippen LogP contribution in [0.15, 0.2) is 24.3 Å². The number of ether oxygens (including phenoxy) is 2. The highest BCUT2D eigenvalue weighted by Crippen LogP contribution is 2.23. The van der Waals surface area contributed by atoms with Gasteiger partial charge in [-0.3, -0.25) is 4.79 Å². The summed E-state index contributed by atoms with van der Waals surface area (Å²) in [5.74, 6) is 0.311. The lowest BCUT2D eigenvalue weighted by Gasteiger charge is -2.19. The highest BCUT2D eigenvalue weighted by molar-refractivity contribution is 7.88. The fraction of sp³-hybridized carbons (Fsp3) is 0.533. The van der Waals surface area contributed by atoms with Crippen molar-refractivity contribution in [3.05, 3.63) is 24.3 Å². The van der Waals surface area contributed by atoms with Gasteiger partial charge in [0.2, 0.25) is 15.9 Å². The van der Waals surface area contributed by atoms with Gasteiger partial charge >= 0.3 is 0 Å². The smallest absolute Gasteiger partial charge is 0.225 e. The third-order valence-electron chi connectivity index (χ3n) is 3.06. The van der Waals surface area contributed by atoms with Gasteiger partial charge in [-0.05, 0) is 19.1 Å². The average molecular weight is 344 g/mol. The Morgan fingerprint density at radius 1 is 1.26 bits per heavy atom. The lowest BCUT2D eigenvalue weighted by molar-refractivity contribution is -0.116. The first kappa shape index (κ1) is 19.4. The summed E-state index contributed by atoms with van der Waals surface area (Å²) in [4.78, 5) is 12.1. The molecule has 0 saturated carbocycles. The van der Waals surface area contributed by atoms with E-state index < -0.39 is 10.0 Å². The van der Waals surface area contributed by atoms with E-state index in [1.807, 2.05) is 13.0 Å². The molecule has 1 amide bonds. The summed E-state index contributed by atoms with van der Waals surface area (Å²) in [6, 6.07) is 7.11. The molecule has 0 bridgehead atoms. The minimum Gasteiger partial charge on any atom is -0.492 e. The number of amides is 1. The van der Waals surface area contributed by atoms with Gasteiger partial charge in [0.15, 0.2) is 0 Å². The number of para-hydroxylation sites is 2. The summed E-state index contributed by atoms with van der Waals surface area (Å²) in [5.41, 5.74) is 0.571. The first-order valence-electron chi connectivity index (χ1n) is 7.34. The second-order valence-electron chi connectivity index (χ2n) is 4.88. The number of benzene rings is 1. The summed E-state index contributed by atoms with van der Waals surface area (Å²) in [7, 11) is -1.88. The summed E-state index contributed by atoms with van der Waals surface area (Å²) in [5, 5.41) is 2.74. The van der Waals surface area contributed by atoms with Crippen molar-refractivity contribution in [1.82, 2.24) is 4.31 Å². The van der Waals surface area contributed by atoms with Crippen molar-refractivity contribution >= 4 is 21.6 Å². The summed E-state index contributed by atoms with van der Waals surface area (Å²) in [6.45, 7) is 2.95. The van der Waals surface area contributed by atoms with Gasteiger partial charge in [-0.25, -0.2) is 8.42 Å². The van der Waals surface area contributed by atoms with Gasteiger partial charge in [-0.1, -0.05) is 12.1 Å². The fourth-order valence-corrected chi connectivity index (χ4v) is 2.76. The standard InChI is InChI=1S/C15H24N2O5S/c1-4-22-14-8-6-5-7-13(14)16-15(18)9-10-17(11-12-21-2)23(3,19)20/h5-8H,4,9-12H2,1-3H3,(H,16,18). The van der Waals surface area contributed by atoms with E-state index in [-0.39, 0.29) is 32.0 Å². The molecule has 130 valence electrons. The zero-order valence-electron chi connectivity index (χ0n) is 13.7. The zero-order chi connectivity index (χ0) is 17.3. The van der Waals surface area contributed by atoms with Gasteiger partial charge in [-0.15, -0.1) is 0 Å². The van der Waals surface area contributed by atoms with Crippen molar-refractivity contribution < 1.29 is 22.7 Å². The van der Waals surface area contributed by atoms with Crippen LogP contribution in [0.5, 0.6) is 5.75 Å². The van der Waals surface area contributed by atoms with Crippen LogP contribution < -0.4 is 10.1 Å². The molecule has 7 nitrogen and oxygen atoms in total. The van der Waals surface area contributed by atoms with Crippen molar-refractivity contribution in [3.63, 3.8) is 0 Å². The van der Waals surface area contributed by atoms with Crippen LogP contribution in [0.4, 0.5) is 5.69 Å². The maximum atomic E-state index is 12.1. The quantitative estimate of drug-likeness (QED) is 0.692. The monoisotopic (exact) mass is 344 g/mol. The van der Waals surface area contributed by atoms with Crippen LogP contribution in [0.2, 0.25) is 0 Å². The van der Waals surface area contributed by atoms with E-state index in [1.165, 1.54) is 11.4 Å². The zero-order valence-corrected chi connectivity index (χ0v) is 14.6. The maximum Gasteiger partial charge on any atom is 0.225 e. The Labute approximate surface area is 137 Å². The molecule has 0 aliphatic carbocycles. The second kappa shape index (κ2) is 9.49. The molecule has 1 N–H and O–H groups in total. The predicted molar refractivity (Wildman–Crippen MR) is 89.2 cm³/mol. The van der Waals surface area contributed by atoms with E-state index in [0.29, 0.717) is 18.0 Å². The molecule has 8 heteroatoms. The van der Waals surface area contributed by atoms with Crippen molar-refractivity contribution in [3.8, 4) is 5.75 Å². The highest BCUT2D eigenvalue weighted by Gasteiger charge is 2.18. The van der Waals surface area contributed by atoms with E-state index in [1.54, 1.807) is 18.2 Å². The highest BCUT2D eigenvalue weighted by atomic mass is 32.2. The van der Waals surface area contributed by atoms with Crippen molar-refractivity contribution in [2.24, 2.45) is 0 Å². The van der Waals surface area contributed by atoms with Crippen LogP contribution in [-0.4, -0.2) is 58.3 Å². The van der Waals surface area contributed by atoms with Crippen LogP contribution >= 0.6 is 0 Å². The van der Waals surface area contributed by atoms with Gasteiger partial charge in [0.1, 0.15) is 5.75 Å². The first-order chi connectivity index (χ1) is 10.9. The predicted octanol–water partition coefficient (Wildman–Crippen LogP) is 1.32. The Morgan fingerprint density at radius 2 is 1.96 bits per heavy atom. The molecular formula is C15H24N2O5S. The fourth-order valence-electron chi connectivity index (χ4n) is 1.93. The topological polar surface area (TPSA) is 84.9 Å². The van der Waals surface area contributed by atoms with Crippen molar-refractivity contribution in [2.75, 3.05) is 45.0 Å². The molecule has 0 aromatic heterocycles. The molecule has 1 aromatic carbocycles. The third-order valence-corrected chi connectivity index (χ3v) is 4.37. The molecule has 1 rings (SSSR count). The number of methoxy groups -OCH3 is 1. The molecule has 0 unspecified atom stereocenters. The molecule has 0 atom stereocenters. The molecule has 0 aliphatic rings. The van der Waals surface area contributed by atoms with Crippen LogP contribution in [-0.2, 0) is 19.6 Å². The lowest BCUT2D eigenvalue weighted by atomic mass is 10.2. The number of sulfonamides is 1. The number of carbonyl (C=O) groups excluding carboxylic acids is 1. The number of anilines is 1. The van der Waals surface area contributed by atoms with E-state index >= 15 is 0 Å². The molecule has 0 spiro atoms. The largest absolute Gasteiger partial charge is 0.492 e. The Kier molecular flexibility index (Phi) is 8.01. The molecule has 0 aliphatic heterocycles. The van der Waals surface area contributed by atoms with E-state index in [9.17, 15) is 13.2 Å². The Morgan fingerprint density at radius 3 is 2.57 bits per heavy atom. The number of rotatable bonds is 10. The Bertz CT molecular complexity index is 604. The minimum absolute atomic E-state index is 0.0528. The molecular weight excluding hydrogens is 320 g/mol. The number of hydrogen-bond donors (Lipinski definition) is 1. The van der Waals surface area contributed by atoms with Gasteiger partial charge in [0.25, 0.3) is 0 Å². The van der Waals surface area contributed by atoms with Crippen molar-refractivity contribution in [1.29, 1.82) is 0 Å². The summed E-state index contributed by atoms with van der Waals surface area (Å²) < 4.78 is 34.9. The summed E-state index contributed by atoms with van der Waals surface area (Å²) in [6.07, 6.45) is 1.17. The third kappa shape index (κ3) is 6.98. The lowest BCUT2D eigenvalue weighted by Crippen LogP contribution is -2.35. The van der Waals surface area contributed by atoms with Gasteiger partial charge in [-0.2, -0.15) is 4.31 Å². The second-order valence-corrected chi connectivity index (χ2v) is 6.86. The molecule has 1 aromatic rings. The van der Waals surface area contributed by atoms with Crippen molar-refractivity contribution in [2.45, 2.75) is 13.3 Å². The van der Waals surface area contributed by atoms with Crippen LogP contribution in [0.1, 0.15) is 13.3 Å². The molecule has 0 heterocycles. The maximum absolute atomic E-state index is 12.1. The molecule has 23 heavy (non-hydrogen) atoms. The van der Waals surface area contributed by atoms with Crippen LogP contribution in [0, 0.1) is 0 Å². The number of nitrogens with zero attached hydrogens (tertiary/aromatic N) is 1. The molecule has 0 fully saturated rings. The van der Waals surface area contributed by atoms with E-state index in [2.05, 4.69) is 5.32 Å². The van der Waals surface area contributed by atoms with E-state index in [4.69, 9.17) is 9.47 Å². The first-order valence-corrected chi connectivity index (χ1v) is 9.19. The minimum atomic E-state index is -3.37. The van der Waals surface area contributed by atoms with Gasteiger partial charge < -0.3 is 14.8 Å². The summed E-state index contributed by atoms with van der Waals surface area (Å²) >= 11 is 0. The number of nitrogens with one attached hydrogen (secondary N) is 1. The SMILES string of the molecule is CCOc1ccccc1NC(=O)CCN(CCOC)S(C)(=O)=O. The Hall–Kier alpha value is -1.64. The molecule has 0 radical (unpaired) electrons. The number of carbonyl (C=O) groups is 1. The van der Waals surface area contributed by atoms with Crippen LogP contribution in [0.3, 0.4) is 0 Å². The average Bonchev–Trinajstić information content (AvgIpc) is 2.48. The normalized spacial score (nSPS) is 11.5. The van der Waals surface area contributed by atoms with Crippen LogP contribution in [0.25, 0.3) is 0 Å². The number of hydrogen-bond acceptors (Lipinski definition) is 5. The Balaban J connectivity index is 2.62. The van der Waals surface area contributed by atoms with E-state index in [0.717, 1.165) is 6.26 Å². The van der Waals surface area contributed by atoms with Gasteiger partial charge in [0, 0.05) is 26.6 Å². The molecule has 0 saturated heterocycles.